The number of nitrogens with two attached hydrogens (primary N) is 1. The molecule has 2 heterocycles. The number of aromatic nitrogens is 1. The second-order valence-electron chi connectivity index (χ2n) is 4.82. The quantitative estimate of drug-likeness (QED) is 0.934. The Morgan fingerprint density at radius 1 is 1.35 bits per heavy atom. The predicted molar refractivity (Wildman–Crippen MR) is 84.5 cm³/mol. The fourth-order valence-electron chi connectivity index (χ4n) is 2.74. The van der Waals surface area contributed by atoms with Crippen molar-refractivity contribution >= 4 is 34.5 Å². The van der Waals surface area contributed by atoms with Crippen LogP contribution in [0.2, 0.25) is 10.0 Å². The molecule has 1 aromatic heterocycles. The lowest BCUT2D eigenvalue weighted by Crippen LogP contribution is -2.29. The summed E-state index contributed by atoms with van der Waals surface area (Å²) in [6.45, 7) is 2.27. The Hall–Kier alpha value is -0.650. The maximum atomic E-state index is 6.33. The van der Waals surface area contributed by atoms with E-state index in [9.17, 15) is 0 Å². The molecule has 0 fully saturated rings. The van der Waals surface area contributed by atoms with Crippen molar-refractivity contribution in [3.63, 3.8) is 0 Å². The van der Waals surface area contributed by atoms with E-state index in [4.69, 9.17) is 28.9 Å². The topological polar surface area (TPSA) is 42.1 Å². The van der Waals surface area contributed by atoms with Crippen LogP contribution in [0.15, 0.2) is 23.7 Å². The summed E-state index contributed by atoms with van der Waals surface area (Å²) in [4.78, 5) is 6.66. The summed E-state index contributed by atoms with van der Waals surface area (Å²) in [6, 6.07) is 3.87. The van der Waals surface area contributed by atoms with Gasteiger partial charge < -0.3 is 5.73 Å². The molecule has 1 atom stereocenters. The summed E-state index contributed by atoms with van der Waals surface area (Å²) >= 11 is 14.3. The van der Waals surface area contributed by atoms with Gasteiger partial charge in [-0.2, -0.15) is 0 Å². The molecule has 0 bridgehead atoms. The largest absolute Gasteiger partial charge is 0.329 e. The third-order valence-electron chi connectivity index (χ3n) is 3.70. The zero-order valence-electron chi connectivity index (χ0n) is 10.9. The molecule has 0 aliphatic carbocycles. The molecular weight excluding hydrogens is 313 g/mol. The average Bonchev–Trinajstić information content (AvgIpc) is 3.07. The summed E-state index contributed by atoms with van der Waals surface area (Å²) < 4.78 is 0. The van der Waals surface area contributed by atoms with Crippen molar-refractivity contribution in [1.82, 2.24) is 9.88 Å². The number of nitrogens with zero attached hydrogens (tertiary/aromatic N) is 2. The Labute approximate surface area is 132 Å². The molecule has 106 valence electrons. The molecule has 1 aliphatic heterocycles. The van der Waals surface area contributed by atoms with E-state index in [1.54, 1.807) is 11.3 Å². The first-order chi connectivity index (χ1) is 9.70. The van der Waals surface area contributed by atoms with E-state index in [2.05, 4.69) is 9.88 Å². The van der Waals surface area contributed by atoms with Crippen LogP contribution >= 0.6 is 34.5 Å². The molecule has 3 rings (SSSR count). The highest BCUT2D eigenvalue weighted by Crippen LogP contribution is 2.41. The van der Waals surface area contributed by atoms with Crippen molar-refractivity contribution in [2.45, 2.75) is 19.0 Å². The van der Waals surface area contributed by atoms with Crippen LogP contribution in [0.25, 0.3) is 0 Å². The van der Waals surface area contributed by atoms with Crippen molar-refractivity contribution < 1.29 is 0 Å². The fraction of sp³-hybridized carbons (Fsp3) is 0.357. The average molecular weight is 328 g/mol. The molecular formula is C14H15Cl2N3S. The van der Waals surface area contributed by atoms with Gasteiger partial charge in [0.2, 0.25) is 0 Å². The minimum atomic E-state index is 0.149. The van der Waals surface area contributed by atoms with Crippen molar-refractivity contribution in [1.29, 1.82) is 0 Å². The van der Waals surface area contributed by atoms with Gasteiger partial charge in [-0.25, -0.2) is 4.98 Å². The summed E-state index contributed by atoms with van der Waals surface area (Å²) in [5, 5.41) is 4.69. The minimum absolute atomic E-state index is 0.149. The fourth-order valence-corrected chi connectivity index (χ4v) is 3.88. The van der Waals surface area contributed by atoms with Crippen LogP contribution in [-0.2, 0) is 13.0 Å². The number of fused-ring (bicyclic) bond motifs is 1. The summed E-state index contributed by atoms with van der Waals surface area (Å²) in [5.74, 6) is 0. The van der Waals surface area contributed by atoms with Gasteiger partial charge in [0.1, 0.15) is 0 Å². The highest BCUT2D eigenvalue weighted by molar-refractivity contribution is 7.09. The number of hydrogen-bond donors (Lipinski definition) is 1. The van der Waals surface area contributed by atoms with E-state index in [-0.39, 0.29) is 6.04 Å². The van der Waals surface area contributed by atoms with E-state index in [1.165, 1.54) is 0 Å². The van der Waals surface area contributed by atoms with Crippen LogP contribution in [0.5, 0.6) is 0 Å². The molecule has 20 heavy (non-hydrogen) atoms. The molecule has 1 aliphatic rings. The van der Waals surface area contributed by atoms with Crippen molar-refractivity contribution in [3.8, 4) is 0 Å². The van der Waals surface area contributed by atoms with Crippen molar-refractivity contribution in [2.75, 3.05) is 13.1 Å². The van der Waals surface area contributed by atoms with E-state index < -0.39 is 0 Å². The van der Waals surface area contributed by atoms with E-state index in [1.807, 2.05) is 23.7 Å². The highest BCUT2D eigenvalue weighted by atomic mass is 35.5. The lowest BCUT2D eigenvalue weighted by molar-refractivity contribution is 0.223. The number of halogens is 2. The van der Waals surface area contributed by atoms with Gasteiger partial charge in [-0.05, 0) is 23.3 Å². The van der Waals surface area contributed by atoms with Gasteiger partial charge in [-0.1, -0.05) is 23.2 Å². The predicted octanol–water partition coefficient (Wildman–Crippen LogP) is 3.51. The molecule has 1 unspecified atom stereocenters. The van der Waals surface area contributed by atoms with Crippen molar-refractivity contribution in [2.24, 2.45) is 5.73 Å². The smallest absolute Gasteiger partial charge is 0.0937 e. The maximum Gasteiger partial charge on any atom is 0.0937 e. The summed E-state index contributed by atoms with van der Waals surface area (Å²) in [6.07, 6.45) is 2.77. The monoisotopic (exact) mass is 327 g/mol. The number of thiazole rings is 1. The van der Waals surface area contributed by atoms with Gasteiger partial charge in [-0.15, -0.1) is 11.3 Å². The number of benzene rings is 1. The van der Waals surface area contributed by atoms with Crippen LogP contribution in [0, 0.1) is 0 Å². The van der Waals surface area contributed by atoms with E-state index >= 15 is 0 Å². The van der Waals surface area contributed by atoms with Gasteiger partial charge >= 0.3 is 0 Å². The molecule has 0 saturated heterocycles. The van der Waals surface area contributed by atoms with Gasteiger partial charge in [0.25, 0.3) is 0 Å². The number of hydrogen-bond acceptors (Lipinski definition) is 4. The zero-order chi connectivity index (χ0) is 14.1. The molecule has 0 spiro atoms. The molecule has 1 aromatic carbocycles. The second-order valence-corrected chi connectivity index (χ2v) is 6.61. The molecule has 3 nitrogen and oxygen atoms in total. The molecule has 2 N–H and O–H groups in total. The molecule has 0 amide bonds. The van der Waals surface area contributed by atoms with Gasteiger partial charge in [0, 0.05) is 53.7 Å². The SMILES string of the molecule is NCC1c2c(Cl)ccc(Cl)c2CN1CCc1nccs1. The van der Waals surface area contributed by atoms with Gasteiger partial charge in [-0.3, -0.25) is 4.90 Å². The van der Waals surface area contributed by atoms with Crippen LogP contribution in [0.3, 0.4) is 0 Å². The number of rotatable bonds is 4. The molecule has 2 aromatic rings. The summed E-state index contributed by atoms with van der Waals surface area (Å²) in [5.41, 5.74) is 8.17. The van der Waals surface area contributed by atoms with Crippen molar-refractivity contribution in [3.05, 3.63) is 49.9 Å². The first kappa shape index (κ1) is 14.3. The van der Waals surface area contributed by atoms with E-state index in [0.29, 0.717) is 6.54 Å². The van der Waals surface area contributed by atoms with Crippen LogP contribution in [-0.4, -0.2) is 23.0 Å². The Balaban J connectivity index is 1.81. The maximum absolute atomic E-state index is 6.33. The summed E-state index contributed by atoms with van der Waals surface area (Å²) in [7, 11) is 0. The Morgan fingerprint density at radius 2 is 2.15 bits per heavy atom. The minimum Gasteiger partial charge on any atom is -0.329 e. The molecule has 6 heteroatoms. The van der Waals surface area contributed by atoms with Crippen LogP contribution < -0.4 is 5.73 Å². The third-order valence-corrected chi connectivity index (χ3v) is 5.22. The Kier molecular flexibility index (Phi) is 4.29. The molecule has 0 saturated carbocycles. The first-order valence-corrected chi connectivity index (χ1v) is 8.13. The normalized spacial score (nSPS) is 18.4. The Morgan fingerprint density at radius 3 is 2.85 bits per heavy atom. The Bertz CT molecular complexity index is 601. The first-order valence-electron chi connectivity index (χ1n) is 6.50. The lowest BCUT2D eigenvalue weighted by Gasteiger charge is -2.23. The standard InChI is InChI=1S/C14H15Cl2N3S/c15-10-1-2-11(16)14-9(10)8-19(12(14)7-17)5-3-13-18-4-6-20-13/h1-2,4,6,12H,3,5,7-8,17H2. The van der Waals surface area contributed by atoms with Gasteiger partial charge in [0.05, 0.1) is 5.01 Å². The lowest BCUT2D eigenvalue weighted by atomic mass is 10.0. The third kappa shape index (κ3) is 2.59. The van der Waals surface area contributed by atoms with Crippen LogP contribution in [0.1, 0.15) is 22.2 Å². The van der Waals surface area contributed by atoms with E-state index in [0.717, 1.165) is 45.7 Å². The van der Waals surface area contributed by atoms with Gasteiger partial charge in [0.15, 0.2) is 0 Å². The highest BCUT2D eigenvalue weighted by Gasteiger charge is 2.32. The second kappa shape index (κ2) is 6.00. The zero-order valence-corrected chi connectivity index (χ0v) is 13.2. The van der Waals surface area contributed by atoms with Crippen LogP contribution in [0.4, 0.5) is 0 Å². The molecule has 0 radical (unpaired) electrons.